The van der Waals surface area contributed by atoms with Crippen LogP contribution in [0.25, 0.3) is 21.9 Å². The molecule has 0 saturated carbocycles. The highest BCUT2D eigenvalue weighted by Gasteiger charge is 2.08. The van der Waals surface area contributed by atoms with E-state index in [0.717, 1.165) is 32.7 Å². The third kappa shape index (κ3) is 2.44. The van der Waals surface area contributed by atoms with Gasteiger partial charge in [0.25, 0.3) is 0 Å². The average Bonchev–Trinajstić information content (AvgIpc) is 2.95. The lowest BCUT2D eigenvalue weighted by Crippen LogP contribution is -1.90. The first-order valence-corrected chi connectivity index (χ1v) is 7.89. The summed E-state index contributed by atoms with van der Waals surface area (Å²) in [6.07, 6.45) is 1.73. The van der Waals surface area contributed by atoms with Crippen molar-refractivity contribution in [3.8, 4) is 0 Å². The van der Waals surface area contributed by atoms with Crippen LogP contribution in [0, 0.1) is 5.82 Å². The maximum Gasteiger partial charge on any atom is 0.166 e. The number of pyridine rings is 1. The van der Waals surface area contributed by atoms with Crippen molar-refractivity contribution >= 4 is 33.7 Å². The summed E-state index contributed by atoms with van der Waals surface area (Å²) < 4.78 is 13.7. The third-order valence-electron chi connectivity index (χ3n) is 3.48. The Morgan fingerprint density at radius 1 is 1.09 bits per heavy atom. The molecule has 0 atom stereocenters. The SMILES string of the molecule is Fc1cc(CSc2nc3ccccc3[nH]2)c2ncccc2c1. The number of rotatable bonds is 3. The first-order valence-electron chi connectivity index (χ1n) is 6.90. The molecule has 0 bridgehead atoms. The van der Waals surface area contributed by atoms with Crippen LogP contribution in [0.15, 0.2) is 59.9 Å². The normalized spacial score (nSPS) is 11.3. The molecule has 0 radical (unpaired) electrons. The monoisotopic (exact) mass is 309 g/mol. The number of H-pyrrole nitrogens is 1. The summed E-state index contributed by atoms with van der Waals surface area (Å²) in [5.41, 5.74) is 3.66. The first kappa shape index (κ1) is 13.3. The van der Waals surface area contributed by atoms with Crippen LogP contribution in [-0.4, -0.2) is 15.0 Å². The van der Waals surface area contributed by atoms with E-state index in [4.69, 9.17) is 0 Å². The van der Waals surface area contributed by atoms with Gasteiger partial charge in [-0.05, 0) is 35.9 Å². The predicted octanol–water partition coefficient (Wildman–Crippen LogP) is 4.54. The number of nitrogens with one attached hydrogen (secondary N) is 1. The Labute approximate surface area is 130 Å². The zero-order valence-corrected chi connectivity index (χ0v) is 12.4. The van der Waals surface area contributed by atoms with Crippen LogP contribution in [0.1, 0.15) is 5.56 Å². The average molecular weight is 309 g/mol. The van der Waals surface area contributed by atoms with Crippen molar-refractivity contribution in [3.05, 3.63) is 66.1 Å². The number of imidazole rings is 1. The summed E-state index contributed by atoms with van der Waals surface area (Å²) in [4.78, 5) is 12.2. The number of thioether (sulfide) groups is 1. The molecule has 3 nitrogen and oxygen atoms in total. The Hall–Kier alpha value is -2.40. The number of fused-ring (bicyclic) bond motifs is 2. The summed E-state index contributed by atoms with van der Waals surface area (Å²) in [6, 6.07) is 14.6. The second-order valence-electron chi connectivity index (χ2n) is 4.99. The van der Waals surface area contributed by atoms with Gasteiger partial charge in [-0.3, -0.25) is 4.98 Å². The molecule has 4 rings (SSSR count). The van der Waals surface area contributed by atoms with Gasteiger partial charge in [-0.15, -0.1) is 0 Å². The minimum absolute atomic E-state index is 0.235. The van der Waals surface area contributed by atoms with Gasteiger partial charge in [0, 0.05) is 17.3 Å². The van der Waals surface area contributed by atoms with E-state index in [0.29, 0.717) is 5.75 Å². The molecule has 108 valence electrons. The summed E-state index contributed by atoms with van der Waals surface area (Å²) >= 11 is 1.55. The number of aromatic nitrogens is 3. The van der Waals surface area contributed by atoms with Crippen LogP contribution < -0.4 is 0 Å². The number of aromatic amines is 1. The first-order chi connectivity index (χ1) is 10.8. The van der Waals surface area contributed by atoms with E-state index in [-0.39, 0.29) is 5.82 Å². The number of para-hydroxylation sites is 2. The Morgan fingerprint density at radius 2 is 2.00 bits per heavy atom. The number of hydrogen-bond acceptors (Lipinski definition) is 3. The molecule has 1 N–H and O–H groups in total. The molecule has 22 heavy (non-hydrogen) atoms. The molecule has 0 amide bonds. The molecule has 0 aliphatic heterocycles. The predicted molar refractivity (Wildman–Crippen MR) is 87.4 cm³/mol. The maximum atomic E-state index is 13.7. The van der Waals surface area contributed by atoms with Crippen molar-refractivity contribution in [2.45, 2.75) is 10.9 Å². The quantitative estimate of drug-likeness (QED) is 0.565. The Kier molecular flexibility index (Phi) is 3.27. The molecule has 4 aromatic rings. The molecule has 0 unspecified atom stereocenters. The van der Waals surface area contributed by atoms with Crippen molar-refractivity contribution < 1.29 is 4.39 Å². The van der Waals surface area contributed by atoms with E-state index >= 15 is 0 Å². The smallest absolute Gasteiger partial charge is 0.166 e. The van der Waals surface area contributed by atoms with E-state index in [9.17, 15) is 4.39 Å². The van der Waals surface area contributed by atoms with Crippen LogP contribution in [0.5, 0.6) is 0 Å². The van der Waals surface area contributed by atoms with Crippen LogP contribution in [0.2, 0.25) is 0 Å². The minimum atomic E-state index is -0.235. The van der Waals surface area contributed by atoms with Gasteiger partial charge in [0.1, 0.15) is 5.82 Å². The van der Waals surface area contributed by atoms with Crippen LogP contribution in [0.3, 0.4) is 0 Å². The van der Waals surface area contributed by atoms with E-state index in [2.05, 4.69) is 15.0 Å². The molecule has 0 spiro atoms. The fraction of sp³-hybridized carbons (Fsp3) is 0.0588. The van der Waals surface area contributed by atoms with Crippen molar-refractivity contribution in [2.75, 3.05) is 0 Å². The summed E-state index contributed by atoms with van der Waals surface area (Å²) in [5.74, 6) is 0.381. The largest absolute Gasteiger partial charge is 0.333 e. The molecule has 2 aromatic carbocycles. The van der Waals surface area contributed by atoms with Gasteiger partial charge in [0.2, 0.25) is 0 Å². The molecular weight excluding hydrogens is 297 g/mol. The van der Waals surface area contributed by atoms with Crippen LogP contribution in [-0.2, 0) is 5.75 Å². The Balaban J connectivity index is 1.66. The van der Waals surface area contributed by atoms with E-state index in [1.165, 1.54) is 6.07 Å². The molecule has 5 heteroatoms. The zero-order chi connectivity index (χ0) is 14.9. The van der Waals surface area contributed by atoms with Crippen molar-refractivity contribution in [1.82, 2.24) is 15.0 Å². The minimum Gasteiger partial charge on any atom is -0.333 e. The van der Waals surface area contributed by atoms with Gasteiger partial charge in [-0.2, -0.15) is 0 Å². The lowest BCUT2D eigenvalue weighted by molar-refractivity contribution is 0.628. The third-order valence-corrected chi connectivity index (χ3v) is 4.40. The highest BCUT2D eigenvalue weighted by atomic mass is 32.2. The number of benzene rings is 2. The van der Waals surface area contributed by atoms with Crippen molar-refractivity contribution in [1.29, 1.82) is 0 Å². The van der Waals surface area contributed by atoms with Gasteiger partial charge in [-0.1, -0.05) is 30.0 Å². The lowest BCUT2D eigenvalue weighted by atomic mass is 10.1. The van der Waals surface area contributed by atoms with Crippen molar-refractivity contribution in [2.24, 2.45) is 0 Å². The van der Waals surface area contributed by atoms with Gasteiger partial charge in [0.15, 0.2) is 5.16 Å². The lowest BCUT2D eigenvalue weighted by Gasteiger charge is -2.05. The fourth-order valence-corrected chi connectivity index (χ4v) is 3.34. The molecular formula is C17H12FN3S. The maximum absolute atomic E-state index is 13.7. The second-order valence-corrected chi connectivity index (χ2v) is 5.95. The number of hydrogen-bond donors (Lipinski definition) is 1. The Bertz CT molecular complexity index is 931. The highest BCUT2D eigenvalue weighted by Crippen LogP contribution is 2.27. The van der Waals surface area contributed by atoms with Gasteiger partial charge in [-0.25, -0.2) is 9.37 Å². The van der Waals surface area contributed by atoms with E-state index in [1.54, 1.807) is 24.0 Å². The fourth-order valence-electron chi connectivity index (χ4n) is 2.48. The summed E-state index contributed by atoms with van der Waals surface area (Å²) in [7, 11) is 0. The standard InChI is InChI=1S/C17H12FN3S/c18-13-8-11-4-3-7-19-16(11)12(9-13)10-22-17-20-14-5-1-2-6-15(14)21-17/h1-9H,10H2,(H,20,21). The van der Waals surface area contributed by atoms with Gasteiger partial charge < -0.3 is 4.98 Å². The summed E-state index contributed by atoms with van der Waals surface area (Å²) in [6.45, 7) is 0. The number of halogens is 1. The highest BCUT2D eigenvalue weighted by molar-refractivity contribution is 7.98. The molecule has 0 saturated heterocycles. The molecule has 0 fully saturated rings. The van der Waals surface area contributed by atoms with E-state index < -0.39 is 0 Å². The molecule has 0 aliphatic rings. The molecule has 0 aliphatic carbocycles. The summed E-state index contributed by atoms with van der Waals surface area (Å²) in [5, 5.41) is 1.65. The van der Waals surface area contributed by atoms with E-state index in [1.807, 2.05) is 36.4 Å². The molecule has 2 aromatic heterocycles. The zero-order valence-electron chi connectivity index (χ0n) is 11.6. The number of nitrogens with zero attached hydrogens (tertiary/aromatic N) is 2. The Morgan fingerprint density at radius 3 is 2.91 bits per heavy atom. The second kappa shape index (κ2) is 5.42. The molecule has 2 heterocycles. The van der Waals surface area contributed by atoms with Crippen LogP contribution in [0.4, 0.5) is 4.39 Å². The van der Waals surface area contributed by atoms with Gasteiger partial charge in [0.05, 0.1) is 16.6 Å². The van der Waals surface area contributed by atoms with Crippen LogP contribution >= 0.6 is 11.8 Å². The van der Waals surface area contributed by atoms with Gasteiger partial charge >= 0.3 is 0 Å². The van der Waals surface area contributed by atoms with Crippen molar-refractivity contribution in [3.63, 3.8) is 0 Å². The topological polar surface area (TPSA) is 41.6 Å².